The Kier molecular flexibility index (Phi) is 4.25. The van der Waals surface area contributed by atoms with Crippen LogP contribution in [0.15, 0.2) is 33.7 Å². The number of pyridine rings is 1. The van der Waals surface area contributed by atoms with Gasteiger partial charge in [-0.3, -0.25) is 4.79 Å². The topological polar surface area (TPSA) is 22.0 Å². The molecule has 7 heteroatoms. The van der Waals surface area contributed by atoms with Gasteiger partial charge in [-0.2, -0.15) is 0 Å². The third-order valence-corrected chi connectivity index (χ3v) is 3.65. The predicted octanol–water partition coefficient (Wildman–Crippen LogP) is 4.29. The summed E-state index contributed by atoms with van der Waals surface area (Å²) in [6, 6.07) is 2.41. The predicted molar refractivity (Wildman–Crippen MR) is 73.5 cm³/mol. The number of hydrogen-bond acceptors (Lipinski definition) is 1. The standard InChI is InChI=1S/C13H8BrClF3NO/c1-6(7-2-10(16)12(18)11(17)3-7)19-5-8(15)4-9(14)13(19)20/h2-6H,1H3. The Morgan fingerprint density at radius 3 is 2.30 bits per heavy atom. The molecule has 20 heavy (non-hydrogen) atoms. The molecule has 1 aromatic heterocycles. The molecule has 0 fully saturated rings. The van der Waals surface area contributed by atoms with Gasteiger partial charge in [0.2, 0.25) is 0 Å². The monoisotopic (exact) mass is 365 g/mol. The number of rotatable bonds is 2. The van der Waals surface area contributed by atoms with Gasteiger partial charge >= 0.3 is 0 Å². The number of aromatic nitrogens is 1. The summed E-state index contributed by atoms with van der Waals surface area (Å²) in [5, 5.41) is 0.284. The Morgan fingerprint density at radius 1 is 1.20 bits per heavy atom. The molecule has 2 aromatic rings. The van der Waals surface area contributed by atoms with Crippen molar-refractivity contribution in [3.05, 3.63) is 67.3 Å². The summed E-state index contributed by atoms with van der Waals surface area (Å²) < 4.78 is 40.8. The molecule has 2 rings (SSSR count). The molecule has 0 spiro atoms. The van der Waals surface area contributed by atoms with Gasteiger partial charge in [0.15, 0.2) is 17.5 Å². The van der Waals surface area contributed by atoms with E-state index in [1.54, 1.807) is 6.92 Å². The fourth-order valence-corrected chi connectivity index (χ4v) is 2.60. The van der Waals surface area contributed by atoms with Gasteiger partial charge < -0.3 is 4.57 Å². The second-order valence-corrected chi connectivity index (χ2v) is 5.48. The number of halogens is 5. The van der Waals surface area contributed by atoms with Gasteiger partial charge in [-0.05, 0) is 46.6 Å². The summed E-state index contributed by atoms with van der Waals surface area (Å²) in [6.45, 7) is 1.55. The molecule has 1 heterocycles. The van der Waals surface area contributed by atoms with Crippen LogP contribution in [0.3, 0.4) is 0 Å². The molecule has 0 aliphatic carbocycles. The number of hydrogen-bond donors (Lipinski definition) is 0. The first-order chi connectivity index (χ1) is 9.31. The van der Waals surface area contributed by atoms with E-state index in [1.165, 1.54) is 16.8 Å². The van der Waals surface area contributed by atoms with Crippen LogP contribution >= 0.6 is 27.5 Å². The molecule has 1 atom stereocenters. The summed E-state index contributed by atoms with van der Waals surface area (Å²) in [4.78, 5) is 12.0. The molecule has 106 valence electrons. The van der Waals surface area contributed by atoms with Crippen molar-refractivity contribution in [2.45, 2.75) is 13.0 Å². The molecule has 1 aromatic carbocycles. The van der Waals surface area contributed by atoms with Crippen LogP contribution in [-0.4, -0.2) is 4.57 Å². The molecule has 0 radical (unpaired) electrons. The van der Waals surface area contributed by atoms with Crippen molar-refractivity contribution in [3.63, 3.8) is 0 Å². The van der Waals surface area contributed by atoms with E-state index in [0.29, 0.717) is 0 Å². The van der Waals surface area contributed by atoms with Crippen molar-refractivity contribution in [3.8, 4) is 0 Å². The normalized spacial score (nSPS) is 12.5. The highest BCUT2D eigenvalue weighted by molar-refractivity contribution is 9.10. The minimum Gasteiger partial charge on any atom is -0.306 e. The Bertz CT molecular complexity index is 709. The SMILES string of the molecule is CC(c1cc(F)c(F)c(F)c1)n1cc(Cl)cc(Br)c1=O. The Labute approximate surface area is 125 Å². The van der Waals surface area contributed by atoms with E-state index in [9.17, 15) is 18.0 Å². The van der Waals surface area contributed by atoms with E-state index in [-0.39, 0.29) is 15.1 Å². The maximum atomic E-state index is 13.2. The summed E-state index contributed by atoms with van der Waals surface area (Å²) in [5.74, 6) is -4.15. The first-order valence-corrected chi connectivity index (χ1v) is 6.70. The molecular weight excluding hydrogens is 359 g/mol. The second-order valence-electron chi connectivity index (χ2n) is 4.19. The summed E-state index contributed by atoms with van der Waals surface area (Å²) >= 11 is 8.90. The van der Waals surface area contributed by atoms with Crippen molar-refractivity contribution in [2.24, 2.45) is 0 Å². The van der Waals surface area contributed by atoms with Crippen LogP contribution in [0.4, 0.5) is 13.2 Å². The van der Waals surface area contributed by atoms with Crippen LogP contribution in [0.1, 0.15) is 18.5 Å². The third-order valence-electron chi connectivity index (χ3n) is 2.87. The molecule has 0 aliphatic rings. The van der Waals surface area contributed by atoms with E-state index in [4.69, 9.17) is 11.6 Å². The van der Waals surface area contributed by atoms with Gasteiger partial charge in [0.05, 0.1) is 15.5 Å². The Hall–Kier alpha value is -1.27. The van der Waals surface area contributed by atoms with Gasteiger partial charge in [0.1, 0.15) is 0 Å². The van der Waals surface area contributed by atoms with Gasteiger partial charge in [-0.1, -0.05) is 11.6 Å². The van der Waals surface area contributed by atoms with Gasteiger partial charge in [-0.15, -0.1) is 0 Å². The Balaban J connectivity index is 2.57. The van der Waals surface area contributed by atoms with E-state index in [0.717, 1.165) is 12.1 Å². The lowest BCUT2D eigenvalue weighted by molar-refractivity contribution is 0.442. The molecule has 0 saturated heterocycles. The molecule has 0 saturated carbocycles. The highest BCUT2D eigenvalue weighted by atomic mass is 79.9. The first kappa shape index (κ1) is 15.1. The molecule has 0 N–H and O–H groups in total. The van der Waals surface area contributed by atoms with Crippen molar-refractivity contribution >= 4 is 27.5 Å². The summed E-state index contributed by atoms with van der Waals surface area (Å²) in [7, 11) is 0. The third kappa shape index (κ3) is 2.76. The van der Waals surface area contributed by atoms with E-state index in [1.807, 2.05) is 0 Å². The maximum Gasteiger partial charge on any atom is 0.265 e. The zero-order valence-corrected chi connectivity index (χ0v) is 12.5. The Morgan fingerprint density at radius 2 is 1.75 bits per heavy atom. The van der Waals surface area contributed by atoms with Gasteiger partial charge in [0, 0.05) is 6.20 Å². The van der Waals surface area contributed by atoms with Crippen molar-refractivity contribution < 1.29 is 13.2 Å². The van der Waals surface area contributed by atoms with Crippen LogP contribution in [-0.2, 0) is 0 Å². The molecule has 0 aliphatic heterocycles. The highest BCUT2D eigenvalue weighted by Crippen LogP contribution is 2.23. The number of benzene rings is 1. The maximum absolute atomic E-state index is 13.2. The quantitative estimate of drug-likeness (QED) is 0.727. The van der Waals surface area contributed by atoms with Crippen LogP contribution < -0.4 is 5.56 Å². The zero-order valence-electron chi connectivity index (χ0n) is 10.1. The first-order valence-electron chi connectivity index (χ1n) is 5.53. The molecule has 0 amide bonds. The van der Waals surface area contributed by atoms with Crippen LogP contribution in [0.5, 0.6) is 0 Å². The lowest BCUT2D eigenvalue weighted by Gasteiger charge is -2.17. The summed E-state index contributed by atoms with van der Waals surface area (Å²) in [6.07, 6.45) is 1.35. The van der Waals surface area contributed by atoms with Crippen molar-refractivity contribution in [1.29, 1.82) is 0 Å². The van der Waals surface area contributed by atoms with E-state index >= 15 is 0 Å². The summed E-state index contributed by atoms with van der Waals surface area (Å²) in [5.41, 5.74) is -0.287. The minimum atomic E-state index is -1.54. The van der Waals surface area contributed by atoms with E-state index < -0.39 is 29.1 Å². The molecule has 2 nitrogen and oxygen atoms in total. The van der Waals surface area contributed by atoms with E-state index in [2.05, 4.69) is 15.9 Å². The van der Waals surface area contributed by atoms with Crippen LogP contribution in [0.25, 0.3) is 0 Å². The average Bonchev–Trinajstić information content (AvgIpc) is 2.38. The number of nitrogens with zero attached hydrogens (tertiary/aromatic N) is 1. The molecule has 0 bridgehead atoms. The largest absolute Gasteiger partial charge is 0.306 e. The highest BCUT2D eigenvalue weighted by Gasteiger charge is 2.17. The average molecular weight is 367 g/mol. The van der Waals surface area contributed by atoms with Crippen LogP contribution in [0, 0.1) is 17.5 Å². The lowest BCUT2D eigenvalue weighted by Crippen LogP contribution is -2.24. The van der Waals surface area contributed by atoms with Crippen LogP contribution in [0.2, 0.25) is 5.02 Å². The zero-order chi connectivity index (χ0) is 15.0. The van der Waals surface area contributed by atoms with Crippen molar-refractivity contribution in [2.75, 3.05) is 0 Å². The molecule has 1 unspecified atom stereocenters. The fraction of sp³-hybridized carbons (Fsp3) is 0.154. The second kappa shape index (κ2) is 5.61. The smallest absolute Gasteiger partial charge is 0.265 e. The fourth-order valence-electron chi connectivity index (χ4n) is 1.80. The lowest BCUT2D eigenvalue weighted by atomic mass is 10.1. The van der Waals surface area contributed by atoms with Gasteiger partial charge in [0.25, 0.3) is 5.56 Å². The van der Waals surface area contributed by atoms with Gasteiger partial charge in [-0.25, -0.2) is 13.2 Å². The van der Waals surface area contributed by atoms with Crippen molar-refractivity contribution in [1.82, 2.24) is 4.57 Å². The molecular formula is C13H8BrClF3NO. The minimum absolute atomic E-state index is 0.123.